The number of nitrogens with zero attached hydrogens (tertiary/aromatic N) is 1. The molecule has 0 spiro atoms. The van der Waals surface area contributed by atoms with E-state index in [0.29, 0.717) is 44.5 Å². The van der Waals surface area contributed by atoms with E-state index < -0.39 is 0 Å². The second-order valence-corrected chi connectivity index (χ2v) is 6.89. The summed E-state index contributed by atoms with van der Waals surface area (Å²) < 4.78 is 18.4. The third kappa shape index (κ3) is 5.31. The number of benzene rings is 2. The second kappa shape index (κ2) is 9.35. The van der Waals surface area contributed by atoms with Gasteiger partial charge in [0.05, 0.1) is 13.0 Å². The molecular weight excluding hydrogens is 359 g/mol. The highest BCUT2D eigenvalue weighted by Gasteiger charge is 2.24. The van der Waals surface area contributed by atoms with Gasteiger partial charge in [-0.1, -0.05) is 12.1 Å². The van der Waals surface area contributed by atoms with E-state index in [1.54, 1.807) is 0 Å². The lowest BCUT2D eigenvalue weighted by Crippen LogP contribution is -2.47. The van der Waals surface area contributed by atoms with Gasteiger partial charge in [-0.3, -0.25) is 9.59 Å². The molecule has 2 aromatic carbocycles. The summed E-state index contributed by atoms with van der Waals surface area (Å²) in [5.74, 6) is 0.318. The van der Waals surface area contributed by atoms with Crippen molar-refractivity contribution in [2.75, 3.05) is 19.7 Å². The molecule has 5 nitrogen and oxygen atoms in total. The molecule has 1 heterocycles. The van der Waals surface area contributed by atoms with Crippen molar-refractivity contribution in [2.24, 2.45) is 0 Å². The van der Waals surface area contributed by atoms with Gasteiger partial charge in [0.25, 0.3) is 5.91 Å². The molecule has 2 amide bonds. The predicted molar refractivity (Wildman–Crippen MR) is 105 cm³/mol. The Kier molecular flexibility index (Phi) is 6.63. The van der Waals surface area contributed by atoms with Gasteiger partial charge >= 0.3 is 0 Å². The van der Waals surface area contributed by atoms with E-state index in [9.17, 15) is 14.0 Å². The molecule has 1 fully saturated rings. The van der Waals surface area contributed by atoms with Crippen LogP contribution in [0.2, 0.25) is 0 Å². The van der Waals surface area contributed by atoms with Gasteiger partial charge in [0.1, 0.15) is 11.6 Å². The normalized spacial score (nSPS) is 14.6. The van der Waals surface area contributed by atoms with Gasteiger partial charge < -0.3 is 15.0 Å². The van der Waals surface area contributed by atoms with E-state index in [4.69, 9.17) is 4.74 Å². The van der Waals surface area contributed by atoms with Gasteiger partial charge in [-0.25, -0.2) is 4.39 Å². The molecule has 1 aliphatic rings. The average molecular weight is 384 g/mol. The standard InChI is InChI=1S/C22H25FN2O3/c1-2-28-20-9-3-16(4-10-20)15-21(26)25-13-11-19(12-14-25)24-22(27)17-5-7-18(23)8-6-17/h3-10,19H,2,11-15H2,1H3,(H,24,27). The fourth-order valence-corrected chi connectivity index (χ4v) is 3.30. The lowest BCUT2D eigenvalue weighted by molar-refractivity contribution is -0.131. The summed E-state index contributed by atoms with van der Waals surface area (Å²) in [6.07, 6.45) is 1.78. The van der Waals surface area contributed by atoms with E-state index in [1.165, 1.54) is 24.3 Å². The second-order valence-electron chi connectivity index (χ2n) is 6.89. The van der Waals surface area contributed by atoms with Gasteiger partial charge in [-0.2, -0.15) is 0 Å². The van der Waals surface area contributed by atoms with Crippen LogP contribution in [0.15, 0.2) is 48.5 Å². The number of carbonyl (C=O) groups excluding carboxylic acids is 2. The Morgan fingerprint density at radius 2 is 1.71 bits per heavy atom. The zero-order valence-electron chi connectivity index (χ0n) is 16.0. The molecular formula is C22H25FN2O3. The van der Waals surface area contributed by atoms with Crippen molar-refractivity contribution in [3.8, 4) is 5.75 Å². The Hall–Kier alpha value is -2.89. The number of likely N-dealkylation sites (tertiary alicyclic amines) is 1. The Morgan fingerprint density at radius 1 is 1.07 bits per heavy atom. The topological polar surface area (TPSA) is 58.6 Å². The highest BCUT2D eigenvalue weighted by molar-refractivity contribution is 5.94. The minimum atomic E-state index is -0.365. The van der Waals surface area contributed by atoms with Crippen molar-refractivity contribution < 1.29 is 18.7 Å². The number of hydrogen-bond acceptors (Lipinski definition) is 3. The third-order valence-corrected chi connectivity index (χ3v) is 4.88. The number of nitrogens with one attached hydrogen (secondary N) is 1. The number of piperidine rings is 1. The SMILES string of the molecule is CCOc1ccc(CC(=O)N2CCC(NC(=O)c3ccc(F)cc3)CC2)cc1. The summed E-state index contributed by atoms with van der Waals surface area (Å²) in [7, 11) is 0. The van der Waals surface area contributed by atoms with Crippen LogP contribution in [-0.2, 0) is 11.2 Å². The van der Waals surface area contributed by atoms with Crippen molar-refractivity contribution in [3.05, 3.63) is 65.5 Å². The molecule has 0 aromatic heterocycles. The van der Waals surface area contributed by atoms with Gasteiger partial charge in [0, 0.05) is 24.7 Å². The maximum atomic E-state index is 13.0. The summed E-state index contributed by atoms with van der Waals surface area (Å²) in [5.41, 5.74) is 1.40. The minimum absolute atomic E-state index is 0.0204. The first-order valence-electron chi connectivity index (χ1n) is 9.61. The number of halogens is 1. The molecule has 148 valence electrons. The van der Waals surface area contributed by atoms with Crippen molar-refractivity contribution in [1.29, 1.82) is 0 Å². The molecule has 0 radical (unpaired) electrons. The van der Waals surface area contributed by atoms with E-state index in [-0.39, 0.29) is 23.7 Å². The largest absolute Gasteiger partial charge is 0.494 e. The molecule has 6 heteroatoms. The van der Waals surface area contributed by atoms with Crippen molar-refractivity contribution in [2.45, 2.75) is 32.2 Å². The Morgan fingerprint density at radius 3 is 2.32 bits per heavy atom. The zero-order chi connectivity index (χ0) is 19.9. The van der Waals surface area contributed by atoms with Crippen LogP contribution in [-0.4, -0.2) is 42.5 Å². The summed E-state index contributed by atoms with van der Waals surface area (Å²) >= 11 is 0. The predicted octanol–water partition coefficient (Wildman–Crippen LogP) is 3.19. The Labute approximate surface area is 164 Å². The third-order valence-electron chi connectivity index (χ3n) is 4.88. The first kappa shape index (κ1) is 19.9. The summed E-state index contributed by atoms with van der Waals surface area (Å²) in [4.78, 5) is 26.6. The smallest absolute Gasteiger partial charge is 0.251 e. The van der Waals surface area contributed by atoms with Crippen LogP contribution in [0.4, 0.5) is 4.39 Å². The van der Waals surface area contributed by atoms with Crippen LogP contribution in [0.1, 0.15) is 35.7 Å². The zero-order valence-corrected chi connectivity index (χ0v) is 16.0. The van der Waals surface area contributed by atoms with Gasteiger partial charge in [-0.05, 0) is 61.7 Å². The molecule has 0 atom stereocenters. The number of hydrogen-bond donors (Lipinski definition) is 1. The number of amides is 2. The van der Waals surface area contributed by atoms with Crippen LogP contribution in [0.5, 0.6) is 5.75 Å². The van der Waals surface area contributed by atoms with E-state index in [1.807, 2.05) is 36.1 Å². The first-order valence-corrected chi connectivity index (χ1v) is 9.61. The molecule has 1 saturated heterocycles. The maximum absolute atomic E-state index is 13.0. The molecule has 2 aromatic rings. The van der Waals surface area contributed by atoms with Crippen LogP contribution in [0, 0.1) is 5.82 Å². The van der Waals surface area contributed by atoms with E-state index in [2.05, 4.69) is 5.32 Å². The number of ether oxygens (including phenoxy) is 1. The fraction of sp³-hybridized carbons (Fsp3) is 0.364. The Balaban J connectivity index is 1.45. The summed E-state index contributed by atoms with van der Waals surface area (Å²) in [6, 6.07) is 13.1. The highest BCUT2D eigenvalue weighted by atomic mass is 19.1. The van der Waals surface area contributed by atoms with E-state index >= 15 is 0 Å². The molecule has 0 bridgehead atoms. The highest BCUT2D eigenvalue weighted by Crippen LogP contribution is 2.16. The molecule has 28 heavy (non-hydrogen) atoms. The first-order chi connectivity index (χ1) is 13.5. The molecule has 0 unspecified atom stereocenters. The van der Waals surface area contributed by atoms with Gasteiger partial charge in [0.15, 0.2) is 0 Å². The molecule has 1 aliphatic heterocycles. The summed E-state index contributed by atoms with van der Waals surface area (Å²) in [6.45, 7) is 3.78. The van der Waals surface area contributed by atoms with Gasteiger partial charge in [-0.15, -0.1) is 0 Å². The average Bonchev–Trinajstić information content (AvgIpc) is 2.70. The monoisotopic (exact) mass is 384 g/mol. The van der Waals surface area contributed by atoms with Crippen molar-refractivity contribution in [3.63, 3.8) is 0 Å². The van der Waals surface area contributed by atoms with Crippen molar-refractivity contribution >= 4 is 11.8 Å². The summed E-state index contributed by atoms with van der Waals surface area (Å²) in [5, 5.41) is 2.97. The van der Waals surface area contributed by atoms with Crippen LogP contribution in [0.3, 0.4) is 0 Å². The molecule has 1 N–H and O–H groups in total. The van der Waals surface area contributed by atoms with Crippen LogP contribution in [0.25, 0.3) is 0 Å². The van der Waals surface area contributed by atoms with Gasteiger partial charge in [0.2, 0.25) is 5.91 Å². The van der Waals surface area contributed by atoms with Crippen LogP contribution >= 0.6 is 0 Å². The fourth-order valence-electron chi connectivity index (χ4n) is 3.30. The van der Waals surface area contributed by atoms with Crippen LogP contribution < -0.4 is 10.1 Å². The Bertz CT molecular complexity index is 798. The number of carbonyl (C=O) groups is 2. The lowest BCUT2D eigenvalue weighted by atomic mass is 10.0. The molecule has 0 saturated carbocycles. The quantitative estimate of drug-likeness (QED) is 0.832. The molecule has 0 aliphatic carbocycles. The maximum Gasteiger partial charge on any atom is 0.251 e. The molecule has 3 rings (SSSR count). The lowest BCUT2D eigenvalue weighted by Gasteiger charge is -2.32. The minimum Gasteiger partial charge on any atom is -0.494 e. The number of rotatable bonds is 6. The van der Waals surface area contributed by atoms with Crippen molar-refractivity contribution in [1.82, 2.24) is 10.2 Å². The van der Waals surface area contributed by atoms with E-state index in [0.717, 1.165) is 11.3 Å².